The Morgan fingerprint density at radius 1 is 0.935 bits per heavy atom. The molecule has 31 heavy (non-hydrogen) atoms. The zero-order chi connectivity index (χ0) is 21.8. The SMILES string of the molecule is Cc1ccc(S(=O)(=O)N2CCCCC2)cc1C(=O)N1CCC(Cc2ccccc2)CC1. The van der Waals surface area contributed by atoms with E-state index >= 15 is 0 Å². The highest BCUT2D eigenvalue weighted by molar-refractivity contribution is 7.89. The van der Waals surface area contributed by atoms with Crippen LogP contribution in [0.3, 0.4) is 0 Å². The fourth-order valence-corrected chi connectivity index (χ4v) is 6.25. The topological polar surface area (TPSA) is 57.7 Å². The number of carbonyl (C=O) groups is 1. The number of benzene rings is 2. The Hall–Kier alpha value is -2.18. The molecule has 1 amide bonds. The van der Waals surface area contributed by atoms with Gasteiger partial charge in [0.1, 0.15) is 0 Å². The van der Waals surface area contributed by atoms with Crippen molar-refractivity contribution in [3.8, 4) is 0 Å². The second-order valence-electron chi connectivity index (χ2n) is 8.87. The number of likely N-dealkylation sites (tertiary alicyclic amines) is 1. The van der Waals surface area contributed by atoms with Crippen LogP contribution in [-0.4, -0.2) is 49.7 Å². The van der Waals surface area contributed by atoms with Crippen molar-refractivity contribution in [3.63, 3.8) is 0 Å². The fourth-order valence-electron chi connectivity index (χ4n) is 4.70. The van der Waals surface area contributed by atoms with Gasteiger partial charge in [0, 0.05) is 31.7 Å². The van der Waals surface area contributed by atoms with Crippen LogP contribution in [0.25, 0.3) is 0 Å². The molecule has 2 aromatic rings. The molecule has 4 rings (SSSR count). The summed E-state index contributed by atoms with van der Waals surface area (Å²) in [5, 5.41) is 0. The largest absolute Gasteiger partial charge is 0.339 e. The molecule has 5 nitrogen and oxygen atoms in total. The zero-order valence-corrected chi connectivity index (χ0v) is 19.1. The van der Waals surface area contributed by atoms with Gasteiger partial charge in [-0.1, -0.05) is 42.8 Å². The van der Waals surface area contributed by atoms with E-state index in [1.54, 1.807) is 22.5 Å². The predicted octanol–water partition coefficient (Wildman–Crippen LogP) is 4.26. The molecule has 166 valence electrons. The summed E-state index contributed by atoms with van der Waals surface area (Å²) in [4.78, 5) is 15.4. The lowest BCUT2D eigenvalue weighted by atomic mass is 9.90. The zero-order valence-electron chi connectivity index (χ0n) is 18.3. The Morgan fingerprint density at radius 2 is 1.61 bits per heavy atom. The first-order valence-corrected chi connectivity index (χ1v) is 12.8. The summed E-state index contributed by atoms with van der Waals surface area (Å²) in [5.74, 6) is 0.532. The highest BCUT2D eigenvalue weighted by atomic mass is 32.2. The number of nitrogens with zero attached hydrogens (tertiary/aromatic N) is 2. The van der Waals surface area contributed by atoms with E-state index in [0.29, 0.717) is 24.6 Å². The van der Waals surface area contributed by atoms with Crippen LogP contribution in [-0.2, 0) is 16.4 Å². The third-order valence-corrected chi connectivity index (χ3v) is 8.56. The summed E-state index contributed by atoms with van der Waals surface area (Å²) in [5.41, 5.74) is 2.69. The standard InChI is InChI=1S/C25H32N2O3S/c1-20-10-11-23(31(29,30)27-14-6-3-7-15-27)19-24(20)25(28)26-16-12-22(13-17-26)18-21-8-4-2-5-9-21/h2,4-5,8-11,19,22H,3,6-7,12-18H2,1H3. The molecule has 2 aromatic carbocycles. The van der Waals surface area contributed by atoms with Gasteiger partial charge in [-0.3, -0.25) is 4.79 Å². The number of hydrogen-bond donors (Lipinski definition) is 0. The second-order valence-corrected chi connectivity index (χ2v) is 10.8. The van der Waals surface area contributed by atoms with Crippen molar-refractivity contribution in [1.82, 2.24) is 9.21 Å². The van der Waals surface area contributed by atoms with Crippen LogP contribution >= 0.6 is 0 Å². The Kier molecular flexibility index (Phi) is 6.77. The fraction of sp³-hybridized carbons (Fsp3) is 0.480. The summed E-state index contributed by atoms with van der Waals surface area (Å²) in [7, 11) is -3.55. The van der Waals surface area contributed by atoms with Crippen LogP contribution in [0, 0.1) is 12.8 Å². The Bertz CT molecular complexity index is 1010. The molecule has 2 heterocycles. The predicted molar refractivity (Wildman–Crippen MR) is 123 cm³/mol. The van der Waals surface area contributed by atoms with Crippen LogP contribution < -0.4 is 0 Å². The van der Waals surface area contributed by atoms with Crippen molar-refractivity contribution in [2.24, 2.45) is 5.92 Å². The van der Waals surface area contributed by atoms with Crippen LogP contribution in [0.5, 0.6) is 0 Å². The lowest BCUT2D eigenvalue weighted by molar-refractivity contribution is 0.0689. The number of amides is 1. The molecule has 0 atom stereocenters. The van der Waals surface area contributed by atoms with Crippen molar-refractivity contribution in [3.05, 3.63) is 65.2 Å². The second kappa shape index (κ2) is 9.53. The van der Waals surface area contributed by atoms with Crippen LogP contribution in [0.2, 0.25) is 0 Å². The summed E-state index contributed by atoms with van der Waals surface area (Å²) in [6.07, 6.45) is 5.87. The third-order valence-electron chi connectivity index (χ3n) is 6.66. The average molecular weight is 441 g/mol. The summed E-state index contributed by atoms with van der Waals surface area (Å²) in [6.45, 7) is 4.45. The highest BCUT2D eigenvalue weighted by Crippen LogP contribution is 2.26. The van der Waals surface area contributed by atoms with E-state index in [9.17, 15) is 13.2 Å². The van der Waals surface area contributed by atoms with Gasteiger partial charge in [0.05, 0.1) is 4.90 Å². The van der Waals surface area contributed by atoms with E-state index in [0.717, 1.165) is 57.2 Å². The summed E-state index contributed by atoms with van der Waals surface area (Å²) < 4.78 is 27.7. The van der Waals surface area contributed by atoms with Gasteiger partial charge in [-0.25, -0.2) is 8.42 Å². The van der Waals surface area contributed by atoms with Gasteiger partial charge >= 0.3 is 0 Å². The van der Waals surface area contributed by atoms with Crippen molar-refractivity contribution in [1.29, 1.82) is 0 Å². The van der Waals surface area contributed by atoms with Crippen LogP contribution in [0.4, 0.5) is 0 Å². The first-order valence-electron chi connectivity index (χ1n) is 11.4. The number of hydrogen-bond acceptors (Lipinski definition) is 3. The van der Waals surface area contributed by atoms with Gasteiger partial charge in [-0.05, 0) is 68.2 Å². The summed E-state index contributed by atoms with van der Waals surface area (Å²) in [6, 6.07) is 15.5. The molecule has 2 saturated heterocycles. The number of carbonyl (C=O) groups excluding carboxylic acids is 1. The quantitative estimate of drug-likeness (QED) is 0.698. The molecule has 0 bridgehead atoms. The molecule has 0 unspecified atom stereocenters. The van der Waals surface area contributed by atoms with Crippen molar-refractivity contribution >= 4 is 15.9 Å². The average Bonchev–Trinajstić information content (AvgIpc) is 2.80. The van der Waals surface area contributed by atoms with Gasteiger partial charge in [-0.15, -0.1) is 0 Å². The summed E-state index contributed by atoms with van der Waals surface area (Å²) >= 11 is 0. The van der Waals surface area contributed by atoms with Gasteiger partial charge in [0.15, 0.2) is 0 Å². The number of rotatable bonds is 5. The first-order chi connectivity index (χ1) is 14.9. The van der Waals surface area contributed by atoms with Gasteiger partial charge in [-0.2, -0.15) is 4.31 Å². The minimum atomic E-state index is -3.55. The molecule has 0 N–H and O–H groups in total. The van der Waals surface area contributed by atoms with Crippen molar-refractivity contribution < 1.29 is 13.2 Å². The molecule has 0 aliphatic carbocycles. The molecule has 2 aliphatic rings. The van der Waals surface area contributed by atoms with E-state index in [1.165, 1.54) is 5.56 Å². The third kappa shape index (κ3) is 5.01. The van der Waals surface area contributed by atoms with Crippen molar-refractivity contribution in [2.45, 2.75) is 50.3 Å². The Balaban J connectivity index is 1.44. The molecular formula is C25H32N2O3S. The normalized spacial score (nSPS) is 18.8. The number of sulfonamides is 1. The van der Waals surface area contributed by atoms with Gasteiger partial charge in [0.25, 0.3) is 5.91 Å². The number of aryl methyl sites for hydroxylation is 1. The van der Waals surface area contributed by atoms with E-state index in [-0.39, 0.29) is 10.8 Å². The highest BCUT2D eigenvalue weighted by Gasteiger charge is 2.29. The molecule has 6 heteroatoms. The molecule has 0 saturated carbocycles. The Morgan fingerprint density at radius 3 is 2.29 bits per heavy atom. The lowest BCUT2D eigenvalue weighted by Gasteiger charge is -2.32. The maximum absolute atomic E-state index is 13.3. The molecule has 0 spiro atoms. The minimum absolute atomic E-state index is 0.0497. The Labute approximate surface area is 186 Å². The van der Waals surface area contributed by atoms with Crippen LogP contribution in [0.15, 0.2) is 53.4 Å². The molecular weight excluding hydrogens is 408 g/mol. The number of piperidine rings is 2. The molecule has 2 aliphatic heterocycles. The molecule has 0 radical (unpaired) electrons. The van der Waals surface area contributed by atoms with Gasteiger partial charge < -0.3 is 4.90 Å². The van der Waals surface area contributed by atoms with E-state index in [2.05, 4.69) is 24.3 Å². The smallest absolute Gasteiger partial charge is 0.254 e. The van der Waals surface area contributed by atoms with E-state index in [4.69, 9.17) is 0 Å². The lowest BCUT2D eigenvalue weighted by Crippen LogP contribution is -2.39. The van der Waals surface area contributed by atoms with Gasteiger partial charge in [0.2, 0.25) is 10.0 Å². The first kappa shape index (κ1) is 22.0. The monoisotopic (exact) mass is 440 g/mol. The van der Waals surface area contributed by atoms with E-state index in [1.807, 2.05) is 17.9 Å². The molecule has 2 fully saturated rings. The maximum Gasteiger partial charge on any atom is 0.254 e. The van der Waals surface area contributed by atoms with Crippen molar-refractivity contribution in [2.75, 3.05) is 26.2 Å². The minimum Gasteiger partial charge on any atom is -0.339 e. The molecule has 0 aromatic heterocycles. The maximum atomic E-state index is 13.3. The van der Waals surface area contributed by atoms with Crippen LogP contribution in [0.1, 0.15) is 53.6 Å². The van der Waals surface area contributed by atoms with E-state index < -0.39 is 10.0 Å².